The van der Waals surface area contributed by atoms with Crippen LogP contribution in [0.5, 0.6) is 0 Å². The van der Waals surface area contributed by atoms with E-state index < -0.39 is 18.1 Å². The molecule has 92 valence electrons. The van der Waals surface area contributed by atoms with Crippen molar-refractivity contribution >= 4 is 20.6 Å². The van der Waals surface area contributed by atoms with Crippen LogP contribution in [0.1, 0.15) is 16.7 Å². The molecule has 0 saturated heterocycles. The molecule has 0 amide bonds. The van der Waals surface area contributed by atoms with Crippen LogP contribution in [-0.2, 0) is 0 Å². The monoisotopic (exact) mass is 262 g/mol. The Hall–Kier alpha value is -1.15. The Kier molecular flexibility index (Phi) is 4.88. The standard InChI is InChI=1S/C12H11F4P/c1-7-8(10(5-13)12(16)17)3-2-4-9(7)11(15)6-14/h2-4,6H,5,17H2,1H3/b11-6+,12-10+. The zero-order valence-corrected chi connectivity index (χ0v) is 10.3. The summed E-state index contributed by atoms with van der Waals surface area (Å²) in [5, 5.41) is 0. The maximum Gasteiger partial charge on any atom is 0.158 e. The molecule has 0 bridgehead atoms. The number of alkyl halides is 1. The van der Waals surface area contributed by atoms with E-state index in [9.17, 15) is 17.6 Å². The second-order valence-electron chi connectivity index (χ2n) is 3.40. The summed E-state index contributed by atoms with van der Waals surface area (Å²) < 4.78 is 51.0. The van der Waals surface area contributed by atoms with Gasteiger partial charge in [0.25, 0.3) is 0 Å². The predicted octanol–water partition coefficient (Wildman–Crippen LogP) is 4.72. The van der Waals surface area contributed by atoms with Gasteiger partial charge in [-0.15, -0.1) is 0 Å². The molecule has 0 saturated carbocycles. The molecule has 0 fully saturated rings. The van der Waals surface area contributed by atoms with Crippen LogP contribution in [0, 0.1) is 6.92 Å². The summed E-state index contributed by atoms with van der Waals surface area (Å²) in [4.78, 5) is 0. The van der Waals surface area contributed by atoms with E-state index >= 15 is 0 Å². The first kappa shape index (κ1) is 13.9. The fourth-order valence-corrected chi connectivity index (χ4v) is 1.78. The van der Waals surface area contributed by atoms with Crippen molar-refractivity contribution < 1.29 is 17.6 Å². The first-order chi connectivity index (χ1) is 8.02. The molecule has 0 heterocycles. The summed E-state index contributed by atoms with van der Waals surface area (Å²) in [6, 6.07) is 4.23. The molecule has 0 aliphatic carbocycles. The Balaban J connectivity index is 3.43. The smallest absolute Gasteiger partial charge is 0.158 e. The molecule has 1 aromatic carbocycles. The van der Waals surface area contributed by atoms with E-state index in [-0.39, 0.29) is 23.0 Å². The highest BCUT2D eigenvalue weighted by Gasteiger charge is 2.13. The fraction of sp³-hybridized carbons (Fsp3) is 0.167. The lowest BCUT2D eigenvalue weighted by molar-refractivity contribution is 0.563. The lowest BCUT2D eigenvalue weighted by Crippen LogP contribution is -1.95. The molecule has 0 spiro atoms. The molecule has 1 rings (SSSR count). The first-order valence-electron chi connectivity index (χ1n) is 4.79. The van der Waals surface area contributed by atoms with Crippen molar-refractivity contribution in [3.8, 4) is 0 Å². The highest BCUT2D eigenvalue weighted by atomic mass is 31.0. The van der Waals surface area contributed by atoms with Crippen LogP contribution < -0.4 is 0 Å². The number of halogens is 4. The molecule has 0 nitrogen and oxygen atoms in total. The largest absolute Gasteiger partial charge is 0.246 e. The van der Waals surface area contributed by atoms with Gasteiger partial charge in [0.1, 0.15) is 18.6 Å². The second-order valence-corrected chi connectivity index (χ2v) is 3.90. The minimum Gasteiger partial charge on any atom is -0.246 e. The van der Waals surface area contributed by atoms with E-state index in [0.717, 1.165) is 0 Å². The zero-order chi connectivity index (χ0) is 13.0. The van der Waals surface area contributed by atoms with E-state index in [4.69, 9.17) is 0 Å². The third-order valence-corrected chi connectivity index (χ3v) is 2.78. The summed E-state index contributed by atoms with van der Waals surface area (Å²) in [5.74, 6) is -1.06. The molecule has 1 aromatic rings. The van der Waals surface area contributed by atoms with Gasteiger partial charge in [-0.3, -0.25) is 0 Å². The van der Waals surface area contributed by atoms with Crippen LogP contribution in [0.2, 0.25) is 0 Å². The van der Waals surface area contributed by atoms with Crippen molar-refractivity contribution in [1.82, 2.24) is 0 Å². The van der Waals surface area contributed by atoms with Crippen LogP contribution in [0.15, 0.2) is 30.1 Å². The summed E-state index contributed by atoms with van der Waals surface area (Å²) in [5.41, 5.74) is -0.417. The maximum absolute atomic E-state index is 13.2. The Morgan fingerprint density at radius 1 is 1.29 bits per heavy atom. The lowest BCUT2D eigenvalue weighted by Gasteiger charge is -2.11. The third-order valence-electron chi connectivity index (χ3n) is 2.43. The van der Waals surface area contributed by atoms with E-state index in [2.05, 4.69) is 0 Å². The van der Waals surface area contributed by atoms with Crippen LogP contribution in [0.25, 0.3) is 11.4 Å². The van der Waals surface area contributed by atoms with Gasteiger partial charge in [-0.05, 0) is 18.1 Å². The van der Waals surface area contributed by atoms with Crippen molar-refractivity contribution in [2.45, 2.75) is 6.92 Å². The highest BCUT2D eigenvalue weighted by Crippen LogP contribution is 2.31. The average molecular weight is 262 g/mol. The Bertz CT molecular complexity index is 473. The van der Waals surface area contributed by atoms with Crippen molar-refractivity contribution in [2.24, 2.45) is 0 Å². The highest BCUT2D eigenvalue weighted by molar-refractivity contribution is 7.22. The Morgan fingerprint density at radius 2 is 1.88 bits per heavy atom. The van der Waals surface area contributed by atoms with Gasteiger partial charge in [0.2, 0.25) is 0 Å². The summed E-state index contributed by atoms with van der Waals surface area (Å²) in [6.07, 6.45) is -0.179. The van der Waals surface area contributed by atoms with Crippen LogP contribution in [0.3, 0.4) is 0 Å². The van der Waals surface area contributed by atoms with Crippen molar-refractivity contribution in [2.75, 3.05) is 6.67 Å². The molecule has 0 aromatic heterocycles. The van der Waals surface area contributed by atoms with E-state index in [1.165, 1.54) is 25.1 Å². The molecular formula is C12H11F4P. The third kappa shape index (κ3) is 2.95. The number of hydrogen-bond donors (Lipinski definition) is 0. The van der Waals surface area contributed by atoms with E-state index in [1.807, 2.05) is 0 Å². The van der Waals surface area contributed by atoms with Gasteiger partial charge in [0.15, 0.2) is 5.83 Å². The van der Waals surface area contributed by atoms with Gasteiger partial charge in [0, 0.05) is 11.1 Å². The second kappa shape index (κ2) is 5.97. The Morgan fingerprint density at radius 3 is 2.35 bits per heavy atom. The molecule has 17 heavy (non-hydrogen) atoms. The lowest BCUT2D eigenvalue weighted by atomic mass is 9.97. The summed E-state index contributed by atoms with van der Waals surface area (Å²) in [7, 11) is 1.76. The summed E-state index contributed by atoms with van der Waals surface area (Å²) in [6.45, 7) is 0.470. The van der Waals surface area contributed by atoms with Crippen molar-refractivity contribution in [3.05, 3.63) is 46.8 Å². The van der Waals surface area contributed by atoms with Gasteiger partial charge >= 0.3 is 0 Å². The van der Waals surface area contributed by atoms with Gasteiger partial charge in [0.05, 0.1) is 0 Å². The van der Waals surface area contributed by atoms with Crippen LogP contribution >= 0.6 is 9.24 Å². The molecular weight excluding hydrogens is 251 g/mol. The molecule has 0 aliphatic heterocycles. The van der Waals surface area contributed by atoms with Gasteiger partial charge < -0.3 is 0 Å². The van der Waals surface area contributed by atoms with Gasteiger partial charge in [-0.25, -0.2) is 17.6 Å². The van der Waals surface area contributed by atoms with Gasteiger partial charge in [-0.2, -0.15) is 0 Å². The molecule has 0 aliphatic rings. The molecule has 0 radical (unpaired) electrons. The molecule has 5 heteroatoms. The van der Waals surface area contributed by atoms with E-state index in [0.29, 0.717) is 5.56 Å². The van der Waals surface area contributed by atoms with E-state index in [1.54, 1.807) is 9.24 Å². The maximum atomic E-state index is 13.2. The summed E-state index contributed by atoms with van der Waals surface area (Å²) >= 11 is 0. The molecule has 1 atom stereocenters. The van der Waals surface area contributed by atoms with Crippen LogP contribution in [-0.4, -0.2) is 6.67 Å². The fourth-order valence-electron chi connectivity index (χ4n) is 1.54. The molecule has 1 unspecified atom stereocenters. The first-order valence-corrected chi connectivity index (χ1v) is 5.37. The zero-order valence-electron chi connectivity index (χ0n) is 9.11. The van der Waals surface area contributed by atoms with Gasteiger partial charge in [-0.1, -0.05) is 27.4 Å². The SMILES string of the molecule is Cc1c(/C(CF)=C(\F)P)cccc1/C(F)=C\F. The topological polar surface area (TPSA) is 0 Å². The number of benzene rings is 1. The quantitative estimate of drug-likeness (QED) is 0.546. The van der Waals surface area contributed by atoms with Crippen molar-refractivity contribution in [1.29, 1.82) is 0 Å². The number of allylic oxidation sites excluding steroid dienone is 1. The predicted molar refractivity (Wildman–Crippen MR) is 65.1 cm³/mol. The Labute approximate surface area is 99.2 Å². The van der Waals surface area contributed by atoms with Crippen molar-refractivity contribution in [3.63, 3.8) is 0 Å². The number of hydrogen-bond acceptors (Lipinski definition) is 0. The normalized spacial score (nSPS) is 13.6. The minimum atomic E-state index is -1.06. The molecule has 0 N–H and O–H groups in total. The minimum absolute atomic E-state index is 0.0119. The van der Waals surface area contributed by atoms with Crippen LogP contribution in [0.4, 0.5) is 17.6 Å². The number of rotatable bonds is 3. The average Bonchev–Trinajstić information content (AvgIpc) is 2.31.